The molecule has 0 atom stereocenters. The molecule has 1 heterocycles. The van der Waals surface area contributed by atoms with Crippen LogP contribution in [0.15, 0.2) is 59.5 Å². The summed E-state index contributed by atoms with van der Waals surface area (Å²) in [6.07, 6.45) is 0. The highest BCUT2D eigenvalue weighted by Crippen LogP contribution is 2.22. The van der Waals surface area contributed by atoms with Crippen molar-refractivity contribution in [3.8, 4) is 0 Å². The van der Waals surface area contributed by atoms with Crippen molar-refractivity contribution in [1.82, 2.24) is 10.2 Å². The number of nitrogens with zero attached hydrogens (tertiary/aromatic N) is 2. The van der Waals surface area contributed by atoms with Crippen molar-refractivity contribution < 1.29 is 17.6 Å². The Balaban J connectivity index is 1.73. The van der Waals surface area contributed by atoms with Crippen LogP contribution in [-0.4, -0.2) is 24.5 Å². The number of amides is 1. The smallest absolute Gasteiger partial charge is 0.260 e. The van der Waals surface area contributed by atoms with E-state index in [1.165, 1.54) is 36.4 Å². The summed E-state index contributed by atoms with van der Waals surface area (Å²) in [4.78, 5) is 12.2. The number of carbonyl (C=O) groups is 1. The van der Waals surface area contributed by atoms with E-state index in [-0.39, 0.29) is 26.4 Å². The SMILES string of the molecule is O=C(Nc1nnc(CS(=O)(=O)c2ccccc2)s1)c1ccccc1F. The van der Waals surface area contributed by atoms with E-state index < -0.39 is 21.6 Å². The first-order valence-corrected chi connectivity index (χ1v) is 9.59. The molecule has 0 aliphatic carbocycles. The van der Waals surface area contributed by atoms with Crippen LogP contribution in [0.4, 0.5) is 9.52 Å². The lowest BCUT2D eigenvalue weighted by molar-refractivity contribution is 0.102. The Morgan fingerprint density at radius 1 is 1.04 bits per heavy atom. The second kappa shape index (κ2) is 7.08. The molecule has 0 radical (unpaired) electrons. The van der Waals surface area contributed by atoms with Crippen LogP contribution in [0.2, 0.25) is 0 Å². The molecule has 9 heteroatoms. The van der Waals surface area contributed by atoms with Crippen molar-refractivity contribution >= 4 is 32.2 Å². The van der Waals surface area contributed by atoms with E-state index >= 15 is 0 Å². The lowest BCUT2D eigenvalue weighted by atomic mass is 10.2. The lowest BCUT2D eigenvalue weighted by Crippen LogP contribution is -2.13. The molecule has 0 spiro atoms. The molecule has 0 bridgehead atoms. The second-order valence-electron chi connectivity index (χ2n) is 5.01. The highest BCUT2D eigenvalue weighted by atomic mass is 32.2. The van der Waals surface area contributed by atoms with Crippen LogP contribution in [0.3, 0.4) is 0 Å². The molecular formula is C16H12FN3O3S2. The van der Waals surface area contributed by atoms with Gasteiger partial charge in [0.05, 0.1) is 10.5 Å². The first-order chi connectivity index (χ1) is 12.0. The second-order valence-corrected chi connectivity index (χ2v) is 8.06. The molecule has 1 amide bonds. The summed E-state index contributed by atoms with van der Waals surface area (Å²) in [6.45, 7) is 0. The fourth-order valence-corrected chi connectivity index (χ4v) is 4.40. The highest BCUT2D eigenvalue weighted by Gasteiger charge is 2.19. The predicted molar refractivity (Wildman–Crippen MR) is 91.6 cm³/mol. The standard InChI is InChI=1S/C16H12FN3O3S2/c17-13-9-5-4-8-12(13)15(21)18-16-20-19-14(24-16)10-25(22,23)11-6-2-1-3-7-11/h1-9H,10H2,(H,18,20,21). The maximum Gasteiger partial charge on any atom is 0.260 e. The average Bonchev–Trinajstić information content (AvgIpc) is 3.02. The Bertz CT molecular complexity index is 1000. The summed E-state index contributed by atoms with van der Waals surface area (Å²) in [5.74, 6) is -1.66. The molecule has 25 heavy (non-hydrogen) atoms. The van der Waals surface area contributed by atoms with Crippen LogP contribution in [0.5, 0.6) is 0 Å². The number of halogens is 1. The molecule has 0 saturated heterocycles. The molecule has 0 saturated carbocycles. The van der Waals surface area contributed by atoms with Crippen molar-refractivity contribution in [2.45, 2.75) is 10.6 Å². The monoisotopic (exact) mass is 377 g/mol. The van der Waals surface area contributed by atoms with Gasteiger partial charge in [-0.3, -0.25) is 10.1 Å². The molecule has 0 fully saturated rings. The van der Waals surface area contributed by atoms with Gasteiger partial charge in [0.2, 0.25) is 5.13 Å². The fourth-order valence-electron chi connectivity index (χ4n) is 2.05. The molecule has 1 N–H and O–H groups in total. The van der Waals surface area contributed by atoms with Gasteiger partial charge in [-0.25, -0.2) is 12.8 Å². The summed E-state index contributed by atoms with van der Waals surface area (Å²) in [5, 5.41) is 10.3. The van der Waals surface area contributed by atoms with Crippen molar-refractivity contribution in [1.29, 1.82) is 0 Å². The number of benzene rings is 2. The van der Waals surface area contributed by atoms with E-state index in [9.17, 15) is 17.6 Å². The van der Waals surface area contributed by atoms with E-state index in [0.717, 1.165) is 11.3 Å². The third kappa shape index (κ3) is 4.06. The molecule has 6 nitrogen and oxygen atoms in total. The molecule has 3 rings (SSSR count). The van der Waals surface area contributed by atoms with Crippen LogP contribution >= 0.6 is 11.3 Å². The third-order valence-corrected chi connectivity index (χ3v) is 5.89. The molecule has 0 aliphatic rings. The zero-order valence-corrected chi connectivity index (χ0v) is 14.3. The normalized spacial score (nSPS) is 11.2. The van der Waals surface area contributed by atoms with Gasteiger partial charge in [-0.1, -0.05) is 41.7 Å². The number of nitrogens with one attached hydrogen (secondary N) is 1. The lowest BCUT2D eigenvalue weighted by Gasteiger charge is -2.02. The van der Waals surface area contributed by atoms with Crippen LogP contribution in [0.1, 0.15) is 15.4 Å². The Morgan fingerprint density at radius 3 is 2.44 bits per heavy atom. The summed E-state index contributed by atoms with van der Waals surface area (Å²) >= 11 is 0.927. The fraction of sp³-hybridized carbons (Fsp3) is 0.0625. The van der Waals surface area contributed by atoms with Crippen LogP contribution in [0, 0.1) is 5.82 Å². The van der Waals surface area contributed by atoms with Crippen molar-refractivity contribution in [2.75, 3.05) is 5.32 Å². The predicted octanol–water partition coefficient (Wildman–Crippen LogP) is 2.90. The molecule has 0 aliphatic heterocycles. The molecule has 2 aromatic carbocycles. The van der Waals surface area contributed by atoms with Gasteiger partial charge in [0.25, 0.3) is 5.91 Å². The highest BCUT2D eigenvalue weighted by molar-refractivity contribution is 7.90. The van der Waals surface area contributed by atoms with Gasteiger partial charge in [-0.15, -0.1) is 10.2 Å². The Morgan fingerprint density at radius 2 is 1.72 bits per heavy atom. The minimum atomic E-state index is -3.55. The maximum absolute atomic E-state index is 13.6. The van der Waals surface area contributed by atoms with Crippen molar-refractivity contribution in [3.05, 3.63) is 71.0 Å². The summed E-state index contributed by atoms with van der Waals surface area (Å²) in [7, 11) is -3.55. The Kier molecular flexibility index (Phi) is 4.86. The topological polar surface area (TPSA) is 89.0 Å². The minimum absolute atomic E-state index is 0.103. The third-order valence-electron chi connectivity index (χ3n) is 3.22. The Labute approximate surface area is 147 Å². The van der Waals surface area contributed by atoms with E-state index in [2.05, 4.69) is 15.5 Å². The minimum Gasteiger partial charge on any atom is -0.296 e. The number of aromatic nitrogens is 2. The number of hydrogen-bond donors (Lipinski definition) is 1. The average molecular weight is 377 g/mol. The van der Waals surface area contributed by atoms with E-state index in [1.807, 2.05) is 0 Å². The number of rotatable bonds is 5. The number of carbonyl (C=O) groups excluding carboxylic acids is 1. The number of hydrogen-bond acceptors (Lipinski definition) is 6. The number of anilines is 1. The first-order valence-electron chi connectivity index (χ1n) is 7.12. The van der Waals surface area contributed by atoms with E-state index in [0.29, 0.717) is 0 Å². The van der Waals surface area contributed by atoms with Gasteiger partial charge >= 0.3 is 0 Å². The quantitative estimate of drug-likeness (QED) is 0.738. The zero-order valence-electron chi connectivity index (χ0n) is 12.7. The zero-order chi connectivity index (χ0) is 17.9. The van der Waals surface area contributed by atoms with E-state index in [1.54, 1.807) is 18.2 Å². The van der Waals surface area contributed by atoms with Gasteiger partial charge in [0.1, 0.15) is 16.6 Å². The van der Waals surface area contributed by atoms with Gasteiger partial charge in [-0.2, -0.15) is 0 Å². The largest absolute Gasteiger partial charge is 0.296 e. The summed E-state index contributed by atoms with van der Waals surface area (Å²) < 4.78 is 38.2. The van der Waals surface area contributed by atoms with Crippen LogP contribution in [0.25, 0.3) is 0 Å². The van der Waals surface area contributed by atoms with Crippen LogP contribution < -0.4 is 5.32 Å². The van der Waals surface area contributed by atoms with E-state index in [4.69, 9.17) is 0 Å². The van der Waals surface area contributed by atoms with Gasteiger partial charge in [0, 0.05) is 0 Å². The molecular weight excluding hydrogens is 365 g/mol. The first kappa shape index (κ1) is 17.2. The van der Waals surface area contributed by atoms with Gasteiger partial charge < -0.3 is 0 Å². The molecule has 128 valence electrons. The summed E-state index contributed by atoms with van der Waals surface area (Å²) in [5.41, 5.74) is -0.129. The van der Waals surface area contributed by atoms with Crippen molar-refractivity contribution in [3.63, 3.8) is 0 Å². The van der Waals surface area contributed by atoms with Crippen LogP contribution in [-0.2, 0) is 15.6 Å². The Hall–Kier alpha value is -2.65. The molecule has 0 unspecified atom stereocenters. The van der Waals surface area contributed by atoms with Gasteiger partial charge in [0.15, 0.2) is 9.84 Å². The molecule has 1 aromatic heterocycles. The van der Waals surface area contributed by atoms with Crippen molar-refractivity contribution in [2.24, 2.45) is 0 Å². The van der Waals surface area contributed by atoms with Gasteiger partial charge in [-0.05, 0) is 24.3 Å². The number of sulfone groups is 1. The molecule has 3 aromatic rings. The summed E-state index contributed by atoms with van der Waals surface area (Å²) in [6, 6.07) is 13.5. The maximum atomic E-state index is 13.6.